The molecule has 0 amide bonds. The maximum Gasteiger partial charge on any atom is 0.343 e. The van der Waals surface area contributed by atoms with Crippen molar-refractivity contribution in [2.45, 2.75) is 6.04 Å². The fraction of sp³-hybridized carbons (Fsp3) is 0.138. The van der Waals surface area contributed by atoms with E-state index in [-0.39, 0.29) is 18.2 Å². The van der Waals surface area contributed by atoms with Gasteiger partial charge in [0.2, 0.25) is 0 Å². The van der Waals surface area contributed by atoms with Crippen LogP contribution >= 0.6 is 22.9 Å². The Morgan fingerprint density at radius 2 is 1.82 bits per heavy atom. The second-order valence-corrected chi connectivity index (χ2v) is 9.78. The van der Waals surface area contributed by atoms with Crippen molar-refractivity contribution in [2.75, 3.05) is 20.8 Å². The average molecular weight is 547 g/mol. The van der Waals surface area contributed by atoms with Gasteiger partial charge in [-0.05, 0) is 41.5 Å². The van der Waals surface area contributed by atoms with Crippen molar-refractivity contribution in [3.8, 4) is 11.5 Å². The SMILES string of the molecule is COC(=O)COc1c(C=c2sc3n(c2=O)C(c2ccc(Cl)cc2)C=C(c2ccccc2)N=3)cccc1OC. The van der Waals surface area contributed by atoms with Crippen LogP contribution < -0.4 is 24.4 Å². The predicted octanol–water partition coefficient (Wildman–Crippen LogP) is 4.22. The average Bonchev–Trinajstić information content (AvgIpc) is 3.27. The summed E-state index contributed by atoms with van der Waals surface area (Å²) in [6, 6.07) is 22.2. The third-order valence-electron chi connectivity index (χ3n) is 6.01. The number of benzene rings is 3. The number of carbonyl (C=O) groups excluding carboxylic acids is 1. The molecule has 0 bridgehead atoms. The van der Waals surface area contributed by atoms with E-state index in [2.05, 4.69) is 0 Å². The predicted molar refractivity (Wildman–Crippen MR) is 147 cm³/mol. The van der Waals surface area contributed by atoms with Gasteiger partial charge >= 0.3 is 5.97 Å². The summed E-state index contributed by atoms with van der Waals surface area (Å²) < 4.78 is 18.0. The molecular formula is C29H23ClN2O5S. The van der Waals surface area contributed by atoms with Crippen LogP contribution in [0.2, 0.25) is 5.02 Å². The molecule has 0 spiro atoms. The maximum absolute atomic E-state index is 13.8. The van der Waals surface area contributed by atoms with Crippen LogP contribution in [-0.4, -0.2) is 31.4 Å². The molecule has 2 heterocycles. The highest BCUT2D eigenvalue weighted by atomic mass is 35.5. The van der Waals surface area contributed by atoms with Gasteiger partial charge in [0.15, 0.2) is 22.9 Å². The molecule has 0 saturated heterocycles. The molecule has 1 aliphatic rings. The molecule has 4 aromatic rings. The standard InChI is InChI=1S/C29H23ClN2O5S/c1-35-24-10-6-9-20(27(24)37-17-26(33)36-2)15-25-28(34)32-23(19-11-13-21(30)14-12-19)16-22(31-29(32)38-25)18-7-4-3-5-8-18/h3-16,23H,17H2,1-2H3. The number of hydrogen-bond donors (Lipinski definition) is 0. The van der Waals surface area contributed by atoms with Gasteiger partial charge in [-0.25, -0.2) is 9.79 Å². The first-order valence-electron chi connectivity index (χ1n) is 11.7. The Hall–Kier alpha value is -4.14. The van der Waals surface area contributed by atoms with Crippen LogP contribution in [0, 0.1) is 0 Å². The van der Waals surface area contributed by atoms with E-state index in [1.807, 2.05) is 60.7 Å². The molecule has 1 unspecified atom stereocenters. The van der Waals surface area contributed by atoms with E-state index in [0.29, 0.717) is 31.4 Å². The highest BCUT2D eigenvalue weighted by molar-refractivity contribution is 7.07. The van der Waals surface area contributed by atoms with Crippen molar-refractivity contribution in [2.24, 2.45) is 4.99 Å². The molecule has 0 aliphatic carbocycles. The van der Waals surface area contributed by atoms with Crippen molar-refractivity contribution >= 4 is 40.7 Å². The Morgan fingerprint density at radius 1 is 1.05 bits per heavy atom. The fourth-order valence-corrected chi connectivity index (χ4v) is 5.28. The molecule has 0 saturated carbocycles. The van der Waals surface area contributed by atoms with Gasteiger partial charge in [0.05, 0.1) is 30.5 Å². The zero-order chi connectivity index (χ0) is 26.6. The van der Waals surface area contributed by atoms with Gasteiger partial charge in [-0.3, -0.25) is 9.36 Å². The highest BCUT2D eigenvalue weighted by Crippen LogP contribution is 2.32. The number of hydrogen-bond acceptors (Lipinski definition) is 7. The minimum atomic E-state index is -0.530. The number of thiazole rings is 1. The molecule has 38 heavy (non-hydrogen) atoms. The van der Waals surface area contributed by atoms with Crippen molar-refractivity contribution in [3.05, 3.63) is 120 Å². The molecule has 9 heteroatoms. The van der Waals surface area contributed by atoms with Gasteiger partial charge in [0.1, 0.15) is 0 Å². The molecule has 0 fully saturated rings. The molecule has 0 N–H and O–H groups in total. The van der Waals surface area contributed by atoms with Crippen LogP contribution in [0.15, 0.2) is 88.7 Å². The van der Waals surface area contributed by atoms with Gasteiger partial charge < -0.3 is 14.2 Å². The van der Waals surface area contributed by atoms with Gasteiger partial charge in [0.25, 0.3) is 5.56 Å². The smallest absolute Gasteiger partial charge is 0.343 e. The number of carbonyl (C=O) groups is 1. The van der Waals surface area contributed by atoms with Gasteiger partial charge in [-0.1, -0.05) is 77.5 Å². The van der Waals surface area contributed by atoms with Gasteiger partial charge in [-0.2, -0.15) is 0 Å². The fourth-order valence-electron chi connectivity index (χ4n) is 4.14. The van der Waals surface area contributed by atoms with Crippen LogP contribution in [0.4, 0.5) is 0 Å². The zero-order valence-electron chi connectivity index (χ0n) is 20.6. The van der Waals surface area contributed by atoms with Crippen LogP contribution in [0.1, 0.15) is 22.7 Å². The van der Waals surface area contributed by atoms with Crippen LogP contribution in [-0.2, 0) is 9.53 Å². The van der Waals surface area contributed by atoms with Crippen LogP contribution in [0.5, 0.6) is 11.5 Å². The molecule has 5 rings (SSSR count). The van der Waals surface area contributed by atoms with Crippen molar-refractivity contribution < 1.29 is 19.0 Å². The Labute approximate surface area is 227 Å². The molecule has 192 valence electrons. The molecule has 1 aliphatic heterocycles. The molecule has 1 atom stereocenters. The Morgan fingerprint density at radius 3 is 2.53 bits per heavy atom. The first kappa shape index (κ1) is 25.5. The van der Waals surface area contributed by atoms with E-state index >= 15 is 0 Å². The molecular weight excluding hydrogens is 524 g/mol. The van der Waals surface area contributed by atoms with E-state index in [1.54, 1.807) is 28.8 Å². The van der Waals surface area contributed by atoms with E-state index in [9.17, 15) is 9.59 Å². The third kappa shape index (κ3) is 5.14. The number of fused-ring (bicyclic) bond motifs is 1. The van der Waals surface area contributed by atoms with Crippen molar-refractivity contribution in [3.63, 3.8) is 0 Å². The van der Waals surface area contributed by atoms with E-state index in [1.165, 1.54) is 25.6 Å². The van der Waals surface area contributed by atoms with Crippen LogP contribution in [0.25, 0.3) is 11.8 Å². The molecule has 3 aromatic carbocycles. The lowest BCUT2D eigenvalue weighted by atomic mass is 10.0. The largest absolute Gasteiger partial charge is 0.493 e. The quantitative estimate of drug-likeness (QED) is 0.324. The molecule has 7 nitrogen and oxygen atoms in total. The van der Waals surface area contributed by atoms with E-state index in [0.717, 1.165) is 16.8 Å². The summed E-state index contributed by atoms with van der Waals surface area (Å²) in [7, 11) is 2.80. The number of nitrogens with zero attached hydrogens (tertiary/aromatic N) is 2. The summed E-state index contributed by atoms with van der Waals surface area (Å²) in [4.78, 5) is 30.9. The van der Waals surface area contributed by atoms with E-state index in [4.69, 9.17) is 30.8 Å². The summed E-state index contributed by atoms with van der Waals surface area (Å²) in [5, 5.41) is 0.617. The summed E-state index contributed by atoms with van der Waals surface area (Å²) in [6.45, 7) is -0.296. The number of para-hydroxylation sites is 1. The Kier molecular flexibility index (Phi) is 7.44. The van der Waals surface area contributed by atoms with E-state index < -0.39 is 5.97 Å². The van der Waals surface area contributed by atoms with Crippen molar-refractivity contribution in [1.82, 2.24) is 4.57 Å². The first-order valence-corrected chi connectivity index (χ1v) is 12.9. The Balaban J connectivity index is 1.68. The number of rotatable bonds is 7. The van der Waals surface area contributed by atoms with Crippen molar-refractivity contribution in [1.29, 1.82) is 0 Å². The second kappa shape index (κ2) is 11.1. The zero-order valence-corrected chi connectivity index (χ0v) is 22.2. The number of esters is 1. The topological polar surface area (TPSA) is 79.1 Å². The lowest BCUT2D eigenvalue weighted by molar-refractivity contribution is -0.142. The first-order chi connectivity index (χ1) is 18.5. The summed E-state index contributed by atoms with van der Waals surface area (Å²) >= 11 is 7.42. The van der Waals surface area contributed by atoms with Crippen LogP contribution in [0.3, 0.4) is 0 Å². The van der Waals surface area contributed by atoms with Gasteiger partial charge in [0, 0.05) is 10.6 Å². The summed E-state index contributed by atoms with van der Waals surface area (Å²) in [5.74, 6) is 0.240. The molecule has 0 radical (unpaired) electrons. The molecule has 1 aromatic heterocycles. The normalized spacial score (nSPS) is 14.8. The summed E-state index contributed by atoms with van der Waals surface area (Å²) in [6.07, 6.45) is 3.71. The third-order valence-corrected chi connectivity index (χ3v) is 7.24. The number of halogens is 1. The Bertz CT molecular complexity index is 1690. The maximum atomic E-state index is 13.8. The minimum absolute atomic E-state index is 0.196. The minimum Gasteiger partial charge on any atom is -0.493 e. The lowest BCUT2D eigenvalue weighted by Crippen LogP contribution is -2.36. The second-order valence-electron chi connectivity index (χ2n) is 8.34. The number of allylic oxidation sites excluding steroid dienone is 1. The van der Waals surface area contributed by atoms with Gasteiger partial charge in [-0.15, -0.1) is 0 Å². The lowest BCUT2D eigenvalue weighted by Gasteiger charge is -2.19. The summed E-state index contributed by atoms with van der Waals surface area (Å²) in [5.41, 5.74) is 3.04. The number of aromatic nitrogens is 1. The highest BCUT2D eigenvalue weighted by Gasteiger charge is 2.23. The number of methoxy groups -OCH3 is 2. The number of ether oxygens (including phenoxy) is 3. The monoisotopic (exact) mass is 546 g/mol.